The standard InChI is InChI=1S/C17H22O4/c1-6-20-16(19)17(5,14(4)18)11-13(3)21-15-9-7-12(2)8-10-15/h7-10H,3,6,11H2,1-2,4-5H3. The first kappa shape index (κ1) is 17.0. The Labute approximate surface area is 125 Å². The van der Waals surface area contributed by atoms with E-state index in [-0.39, 0.29) is 18.8 Å². The molecule has 1 rings (SSSR count). The monoisotopic (exact) mass is 290 g/mol. The Morgan fingerprint density at radius 1 is 1.24 bits per heavy atom. The second-order valence-corrected chi connectivity index (χ2v) is 5.24. The van der Waals surface area contributed by atoms with Gasteiger partial charge in [0.1, 0.15) is 16.9 Å². The average molecular weight is 290 g/mol. The molecule has 1 aromatic rings. The predicted octanol–water partition coefficient (Wildman–Crippen LogP) is 3.44. The first-order chi connectivity index (χ1) is 9.79. The van der Waals surface area contributed by atoms with Gasteiger partial charge in [-0.25, -0.2) is 0 Å². The highest BCUT2D eigenvalue weighted by molar-refractivity contribution is 6.02. The van der Waals surface area contributed by atoms with Crippen LogP contribution in [0.3, 0.4) is 0 Å². The highest BCUT2D eigenvalue weighted by Gasteiger charge is 2.40. The van der Waals surface area contributed by atoms with Gasteiger partial charge in [0.05, 0.1) is 12.4 Å². The molecule has 1 unspecified atom stereocenters. The summed E-state index contributed by atoms with van der Waals surface area (Å²) in [5, 5.41) is 0. The lowest BCUT2D eigenvalue weighted by Crippen LogP contribution is -2.37. The third kappa shape index (κ3) is 4.45. The molecule has 21 heavy (non-hydrogen) atoms. The van der Waals surface area contributed by atoms with Gasteiger partial charge in [0, 0.05) is 6.42 Å². The number of ether oxygens (including phenoxy) is 2. The minimum Gasteiger partial charge on any atom is -0.465 e. The summed E-state index contributed by atoms with van der Waals surface area (Å²) in [5.74, 6) is 0.158. The topological polar surface area (TPSA) is 52.6 Å². The largest absolute Gasteiger partial charge is 0.465 e. The zero-order valence-electron chi connectivity index (χ0n) is 13.1. The molecule has 0 aromatic heterocycles. The fourth-order valence-corrected chi connectivity index (χ4v) is 1.83. The van der Waals surface area contributed by atoms with Gasteiger partial charge in [0.25, 0.3) is 0 Å². The lowest BCUT2D eigenvalue weighted by atomic mass is 9.82. The van der Waals surface area contributed by atoms with E-state index in [0.717, 1.165) is 5.56 Å². The van der Waals surface area contributed by atoms with Crippen molar-refractivity contribution in [3.8, 4) is 5.75 Å². The molecule has 0 bridgehead atoms. The number of ketones is 1. The van der Waals surface area contributed by atoms with Crippen LogP contribution >= 0.6 is 0 Å². The normalized spacial score (nSPS) is 13.1. The first-order valence-electron chi connectivity index (χ1n) is 6.90. The molecule has 4 heteroatoms. The molecule has 0 N–H and O–H groups in total. The highest BCUT2D eigenvalue weighted by Crippen LogP contribution is 2.29. The average Bonchev–Trinajstić information content (AvgIpc) is 2.41. The molecule has 0 aliphatic rings. The van der Waals surface area contributed by atoms with E-state index in [0.29, 0.717) is 11.5 Å². The van der Waals surface area contributed by atoms with Crippen molar-refractivity contribution in [2.24, 2.45) is 5.41 Å². The number of hydrogen-bond acceptors (Lipinski definition) is 4. The fourth-order valence-electron chi connectivity index (χ4n) is 1.83. The van der Waals surface area contributed by atoms with Crippen molar-refractivity contribution in [3.63, 3.8) is 0 Å². The number of allylic oxidation sites excluding steroid dienone is 1. The molecular formula is C17H22O4. The second-order valence-electron chi connectivity index (χ2n) is 5.24. The molecule has 0 aliphatic heterocycles. The number of rotatable bonds is 7. The van der Waals surface area contributed by atoms with E-state index in [4.69, 9.17) is 9.47 Å². The van der Waals surface area contributed by atoms with Gasteiger partial charge in [-0.2, -0.15) is 0 Å². The zero-order valence-corrected chi connectivity index (χ0v) is 13.1. The third-order valence-electron chi connectivity index (χ3n) is 3.34. The molecule has 1 atom stereocenters. The van der Waals surface area contributed by atoms with Crippen LogP contribution in [-0.2, 0) is 14.3 Å². The van der Waals surface area contributed by atoms with Crippen molar-refractivity contribution in [2.45, 2.75) is 34.1 Å². The number of Topliss-reactive ketones (excluding diaryl/α,β-unsaturated/α-hetero) is 1. The van der Waals surface area contributed by atoms with E-state index in [9.17, 15) is 9.59 Å². The summed E-state index contributed by atoms with van der Waals surface area (Å²) in [7, 11) is 0. The zero-order chi connectivity index (χ0) is 16.0. The van der Waals surface area contributed by atoms with Crippen LogP contribution in [0, 0.1) is 12.3 Å². The molecular weight excluding hydrogens is 268 g/mol. The van der Waals surface area contributed by atoms with Crippen molar-refractivity contribution in [1.82, 2.24) is 0 Å². The van der Waals surface area contributed by atoms with Gasteiger partial charge >= 0.3 is 5.97 Å². The Morgan fingerprint density at radius 3 is 2.29 bits per heavy atom. The lowest BCUT2D eigenvalue weighted by molar-refractivity contribution is -0.158. The number of hydrogen-bond donors (Lipinski definition) is 0. The smallest absolute Gasteiger partial charge is 0.319 e. The summed E-state index contributed by atoms with van der Waals surface area (Å²) in [6, 6.07) is 7.46. The predicted molar refractivity (Wildman–Crippen MR) is 81.0 cm³/mol. The lowest BCUT2D eigenvalue weighted by Gasteiger charge is -2.25. The maximum absolute atomic E-state index is 12.0. The van der Waals surface area contributed by atoms with Crippen molar-refractivity contribution in [2.75, 3.05) is 6.61 Å². The SMILES string of the molecule is C=C(CC(C)(C(C)=O)C(=O)OCC)Oc1ccc(C)cc1. The number of benzene rings is 1. The maximum atomic E-state index is 12.0. The molecule has 4 nitrogen and oxygen atoms in total. The van der Waals surface area contributed by atoms with Crippen LogP contribution in [0.5, 0.6) is 5.75 Å². The number of carbonyl (C=O) groups excluding carboxylic acids is 2. The molecule has 0 heterocycles. The summed E-state index contributed by atoms with van der Waals surface area (Å²) in [6.07, 6.45) is 0.0923. The fraction of sp³-hybridized carbons (Fsp3) is 0.412. The van der Waals surface area contributed by atoms with E-state index < -0.39 is 11.4 Å². The summed E-state index contributed by atoms with van der Waals surface area (Å²) >= 11 is 0. The Kier molecular flexibility index (Phi) is 5.70. The van der Waals surface area contributed by atoms with E-state index in [1.165, 1.54) is 6.92 Å². The van der Waals surface area contributed by atoms with Crippen molar-refractivity contribution in [1.29, 1.82) is 0 Å². The van der Waals surface area contributed by atoms with Gasteiger partial charge in [-0.15, -0.1) is 0 Å². The van der Waals surface area contributed by atoms with Crippen molar-refractivity contribution in [3.05, 3.63) is 42.2 Å². The summed E-state index contributed by atoms with van der Waals surface area (Å²) in [6.45, 7) is 10.6. The van der Waals surface area contributed by atoms with E-state index >= 15 is 0 Å². The van der Waals surface area contributed by atoms with E-state index in [1.807, 2.05) is 31.2 Å². The van der Waals surface area contributed by atoms with E-state index in [1.54, 1.807) is 13.8 Å². The Hall–Kier alpha value is -2.10. The molecule has 0 radical (unpaired) electrons. The van der Waals surface area contributed by atoms with Crippen LogP contribution in [0.2, 0.25) is 0 Å². The van der Waals surface area contributed by atoms with Crippen LogP contribution in [0.4, 0.5) is 0 Å². The minimum absolute atomic E-state index is 0.0923. The Bertz CT molecular complexity index is 530. The van der Waals surface area contributed by atoms with Crippen LogP contribution in [0.1, 0.15) is 32.8 Å². The van der Waals surface area contributed by atoms with Gasteiger partial charge in [-0.3, -0.25) is 9.59 Å². The van der Waals surface area contributed by atoms with Gasteiger partial charge in [0.2, 0.25) is 0 Å². The maximum Gasteiger partial charge on any atom is 0.319 e. The highest BCUT2D eigenvalue weighted by atomic mass is 16.5. The number of esters is 1. The van der Waals surface area contributed by atoms with Crippen LogP contribution < -0.4 is 4.74 Å². The van der Waals surface area contributed by atoms with Gasteiger partial charge in [-0.05, 0) is 39.8 Å². The molecule has 0 spiro atoms. The molecule has 114 valence electrons. The van der Waals surface area contributed by atoms with Crippen LogP contribution in [0.25, 0.3) is 0 Å². The van der Waals surface area contributed by atoms with Crippen LogP contribution in [0.15, 0.2) is 36.6 Å². The molecule has 0 saturated heterocycles. The molecule has 0 saturated carbocycles. The summed E-state index contributed by atoms with van der Waals surface area (Å²) < 4.78 is 10.6. The quantitative estimate of drug-likeness (QED) is 0.438. The third-order valence-corrected chi connectivity index (χ3v) is 3.34. The van der Waals surface area contributed by atoms with Gasteiger partial charge in [-0.1, -0.05) is 24.3 Å². The van der Waals surface area contributed by atoms with Crippen LogP contribution in [-0.4, -0.2) is 18.4 Å². The number of carbonyl (C=O) groups is 2. The summed E-state index contributed by atoms with van der Waals surface area (Å²) in [5.41, 5.74) is -0.148. The minimum atomic E-state index is -1.27. The molecule has 0 amide bonds. The van der Waals surface area contributed by atoms with Gasteiger partial charge < -0.3 is 9.47 Å². The molecule has 0 aliphatic carbocycles. The number of aryl methyl sites for hydroxylation is 1. The van der Waals surface area contributed by atoms with Crippen molar-refractivity contribution >= 4 is 11.8 Å². The first-order valence-corrected chi connectivity index (χ1v) is 6.90. The Morgan fingerprint density at radius 2 is 1.81 bits per heavy atom. The summed E-state index contributed by atoms with van der Waals surface area (Å²) in [4.78, 5) is 23.8. The molecule has 0 fully saturated rings. The van der Waals surface area contributed by atoms with Gasteiger partial charge in [0.15, 0.2) is 0 Å². The second kappa shape index (κ2) is 7.07. The Balaban J connectivity index is 2.79. The van der Waals surface area contributed by atoms with E-state index in [2.05, 4.69) is 6.58 Å². The van der Waals surface area contributed by atoms with Crippen molar-refractivity contribution < 1.29 is 19.1 Å². The molecule has 1 aromatic carbocycles.